The zero-order valence-corrected chi connectivity index (χ0v) is 10.9. The molecule has 1 atom stereocenters. The maximum Gasteiger partial charge on any atom is 0.307 e. The van der Waals surface area contributed by atoms with E-state index in [-0.39, 0.29) is 6.42 Å². The first-order chi connectivity index (χ1) is 8.63. The van der Waals surface area contributed by atoms with Gasteiger partial charge in [0, 0.05) is 13.1 Å². The lowest BCUT2D eigenvalue weighted by atomic mass is 9.99. The molecule has 1 aliphatic heterocycles. The van der Waals surface area contributed by atoms with Gasteiger partial charge in [0.15, 0.2) is 0 Å². The fourth-order valence-electron chi connectivity index (χ4n) is 2.63. The molecule has 0 spiro atoms. The number of aliphatic carboxylic acids is 1. The molecule has 3 heteroatoms. The van der Waals surface area contributed by atoms with Crippen LogP contribution in [0, 0.1) is 5.92 Å². The third-order valence-electron chi connectivity index (χ3n) is 3.53. The van der Waals surface area contributed by atoms with E-state index < -0.39 is 5.97 Å². The first-order valence-corrected chi connectivity index (χ1v) is 6.65. The van der Waals surface area contributed by atoms with Crippen LogP contribution in [0.5, 0.6) is 0 Å². The summed E-state index contributed by atoms with van der Waals surface area (Å²) in [4.78, 5) is 13.1. The third kappa shape index (κ3) is 3.84. The van der Waals surface area contributed by atoms with E-state index in [9.17, 15) is 4.79 Å². The summed E-state index contributed by atoms with van der Waals surface area (Å²) in [6.07, 6.45) is 2.74. The van der Waals surface area contributed by atoms with Crippen molar-refractivity contribution in [1.29, 1.82) is 0 Å². The second-order valence-electron chi connectivity index (χ2n) is 5.37. The van der Waals surface area contributed by atoms with Crippen molar-refractivity contribution >= 4 is 5.97 Å². The Hall–Kier alpha value is -1.35. The van der Waals surface area contributed by atoms with Gasteiger partial charge in [-0.05, 0) is 36.4 Å². The number of likely N-dealkylation sites (tertiary alicyclic amines) is 1. The van der Waals surface area contributed by atoms with Crippen LogP contribution < -0.4 is 0 Å². The largest absolute Gasteiger partial charge is 0.481 e. The van der Waals surface area contributed by atoms with Crippen LogP contribution in [-0.4, -0.2) is 29.1 Å². The highest BCUT2D eigenvalue weighted by Gasteiger charge is 2.16. The highest BCUT2D eigenvalue weighted by atomic mass is 16.4. The molecule has 1 aromatic rings. The minimum Gasteiger partial charge on any atom is -0.481 e. The van der Waals surface area contributed by atoms with E-state index in [2.05, 4.69) is 24.0 Å². The van der Waals surface area contributed by atoms with Crippen molar-refractivity contribution in [1.82, 2.24) is 4.90 Å². The SMILES string of the molecule is CC1CCCN(Cc2ccc(CC(=O)O)cc2)C1. The fraction of sp³-hybridized carbons (Fsp3) is 0.533. The molecule has 0 aromatic heterocycles. The molecule has 0 bridgehead atoms. The van der Waals surface area contributed by atoms with Crippen molar-refractivity contribution in [3.8, 4) is 0 Å². The van der Waals surface area contributed by atoms with E-state index in [1.54, 1.807) is 0 Å². The van der Waals surface area contributed by atoms with Gasteiger partial charge in [-0.2, -0.15) is 0 Å². The lowest BCUT2D eigenvalue weighted by molar-refractivity contribution is -0.136. The Morgan fingerprint density at radius 2 is 2.00 bits per heavy atom. The topological polar surface area (TPSA) is 40.5 Å². The van der Waals surface area contributed by atoms with Gasteiger partial charge in [0.25, 0.3) is 0 Å². The molecule has 0 aliphatic carbocycles. The number of carboxylic acids is 1. The van der Waals surface area contributed by atoms with E-state index in [1.807, 2.05) is 12.1 Å². The van der Waals surface area contributed by atoms with Crippen molar-refractivity contribution in [2.75, 3.05) is 13.1 Å². The normalized spacial score (nSPS) is 20.8. The molecule has 0 radical (unpaired) electrons. The number of rotatable bonds is 4. The Morgan fingerprint density at radius 1 is 1.33 bits per heavy atom. The number of hydrogen-bond donors (Lipinski definition) is 1. The van der Waals surface area contributed by atoms with Crippen LogP contribution in [0.25, 0.3) is 0 Å². The van der Waals surface area contributed by atoms with E-state index in [0.29, 0.717) is 0 Å². The summed E-state index contributed by atoms with van der Waals surface area (Å²) in [6.45, 7) is 5.65. The number of nitrogens with zero attached hydrogens (tertiary/aromatic N) is 1. The second-order valence-corrected chi connectivity index (χ2v) is 5.37. The van der Waals surface area contributed by atoms with E-state index >= 15 is 0 Å². The van der Waals surface area contributed by atoms with Crippen molar-refractivity contribution in [2.24, 2.45) is 5.92 Å². The minimum atomic E-state index is -0.771. The van der Waals surface area contributed by atoms with Crippen molar-refractivity contribution in [2.45, 2.75) is 32.7 Å². The zero-order valence-electron chi connectivity index (χ0n) is 10.9. The summed E-state index contributed by atoms with van der Waals surface area (Å²) < 4.78 is 0. The molecular formula is C15H21NO2. The molecule has 2 rings (SSSR count). The number of carbonyl (C=O) groups is 1. The van der Waals surface area contributed by atoms with Gasteiger partial charge in [-0.25, -0.2) is 0 Å². The fourth-order valence-corrected chi connectivity index (χ4v) is 2.63. The van der Waals surface area contributed by atoms with Crippen molar-refractivity contribution < 1.29 is 9.90 Å². The molecule has 1 saturated heterocycles. The average molecular weight is 247 g/mol. The van der Waals surface area contributed by atoms with E-state index in [0.717, 1.165) is 18.0 Å². The maximum absolute atomic E-state index is 10.6. The van der Waals surface area contributed by atoms with Crippen LogP contribution in [0.3, 0.4) is 0 Å². The summed E-state index contributed by atoms with van der Waals surface area (Å²) in [5, 5.41) is 8.72. The van der Waals surface area contributed by atoms with Gasteiger partial charge in [0.2, 0.25) is 0 Å². The van der Waals surface area contributed by atoms with E-state index in [1.165, 1.54) is 31.5 Å². The highest BCUT2D eigenvalue weighted by molar-refractivity contribution is 5.70. The Balaban J connectivity index is 1.91. The summed E-state index contributed by atoms with van der Waals surface area (Å²) in [5.74, 6) is 0.0256. The standard InChI is InChI=1S/C15H21NO2/c1-12-3-2-8-16(10-12)11-14-6-4-13(5-7-14)9-15(17)18/h4-7,12H,2-3,8-11H2,1H3,(H,17,18). The Morgan fingerprint density at radius 3 is 2.61 bits per heavy atom. The third-order valence-corrected chi connectivity index (χ3v) is 3.53. The van der Waals surface area contributed by atoms with Crippen molar-refractivity contribution in [3.63, 3.8) is 0 Å². The van der Waals surface area contributed by atoms with Gasteiger partial charge in [0.1, 0.15) is 0 Å². The summed E-state index contributed by atoms with van der Waals surface area (Å²) >= 11 is 0. The highest BCUT2D eigenvalue weighted by Crippen LogP contribution is 2.18. The van der Waals surface area contributed by atoms with Crippen LogP contribution in [0.15, 0.2) is 24.3 Å². The van der Waals surface area contributed by atoms with Crippen LogP contribution in [0.2, 0.25) is 0 Å². The predicted molar refractivity (Wildman–Crippen MR) is 71.5 cm³/mol. The molecule has 18 heavy (non-hydrogen) atoms. The van der Waals surface area contributed by atoms with Gasteiger partial charge < -0.3 is 5.11 Å². The molecule has 0 saturated carbocycles. The van der Waals surface area contributed by atoms with Crippen LogP contribution in [-0.2, 0) is 17.8 Å². The number of carboxylic acid groups (broad SMARTS) is 1. The van der Waals surface area contributed by atoms with Gasteiger partial charge in [0.05, 0.1) is 6.42 Å². The summed E-state index contributed by atoms with van der Waals surface area (Å²) in [5.41, 5.74) is 2.15. The Labute approximate surface area is 108 Å². The Kier molecular flexibility index (Phi) is 4.37. The van der Waals surface area contributed by atoms with Crippen LogP contribution in [0.4, 0.5) is 0 Å². The molecule has 1 heterocycles. The first kappa shape index (κ1) is 13.1. The molecule has 1 aromatic carbocycles. The number of hydrogen-bond acceptors (Lipinski definition) is 2. The number of piperidine rings is 1. The maximum atomic E-state index is 10.6. The molecule has 1 fully saturated rings. The molecular weight excluding hydrogens is 226 g/mol. The van der Waals surface area contributed by atoms with Gasteiger partial charge in [-0.3, -0.25) is 9.69 Å². The van der Waals surface area contributed by atoms with E-state index in [4.69, 9.17) is 5.11 Å². The van der Waals surface area contributed by atoms with Crippen LogP contribution in [0.1, 0.15) is 30.9 Å². The summed E-state index contributed by atoms with van der Waals surface area (Å²) in [7, 11) is 0. The molecule has 1 N–H and O–H groups in total. The lowest BCUT2D eigenvalue weighted by Gasteiger charge is -2.30. The first-order valence-electron chi connectivity index (χ1n) is 6.65. The molecule has 3 nitrogen and oxygen atoms in total. The van der Waals surface area contributed by atoms with Crippen LogP contribution >= 0.6 is 0 Å². The monoisotopic (exact) mass is 247 g/mol. The Bertz CT molecular complexity index is 399. The van der Waals surface area contributed by atoms with Crippen molar-refractivity contribution in [3.05, 3.63) is 35.4 Å². The predicted octanol–water partition coefficient (Wildman–Crippen LogP) is 2.55. The smallest absolute Gasteiger partial charge is 0.307 e. The minimum absolute atomic E-state index is 0.112. The molecule has 1 unspecified atom stereocenters. The molecule has 1 aliphatic rings. The second kappa shape index (κ2) is 6.01. The zero-order chi connectivity index (χ0) is 13.0. The summed E-state index contributed by atoms with van der Waals surface area (Å²) in [6, 6.07) is 7.96. The van der Waals surface area contributed by atoms with Gasteiger partial charge >= 0.3 is 5.97 Å². The van der Waals surface area contributed by atoms with Gasteiger partial charge in [-0.1, -0.05) is 31.2 Å². The van der Waals surface area contributed by atoms with Gasteiger partial charge in [-0.15, -0.1) is 0 Å². The average Bonchev–Trinajstić information content (AvgIpc) is 2.31. The number of benzene rings is 1. The molecule has 0 amide bonds. The quantitative estimate of drug-likeness (QED) is 0.889. The molecule has 98 valence electrons. The lowest BCUT2D eigenvalue weighted by Crippen LogP contribution is -2.33.